The lowest BCUT2D eigenvalue weighted by Gasteiger charge is -1.96. The lowest BCUT2D eigenvalue weighted by Crippen LogP contribution is -1.98. The van der Waals surface area contributed by atoms with Crippen LogP contribution < -0.4 is 0 Å². The number of thiazole rings is 1. The van der Waals surface area contributed by atoms with Crippen molar-refractivity contribution in [2.75, 3.05) is 0 Å². The quantitative estimate of drug-likeness (QED) is 0.778. The molecule has 0 atom stereocenters. The topological polar surface area (TPSA) is 30.0 Å². The molecule has 3 rings (SSSR count). The molecule has 0 N–H and O–H groups in total. The van der Waals surface area contributed by atoms with Gasteiger partial charge in [0.05, 0.1) is 9.88 Å². The minimum Gasteiger partial charge on any atom is -0.288 e. The Morgan fingerprint density at radius 1 is 1.29 bits per heavy atom. The Bertz CT molecular complexity index is 557. The summed E-state index contributed by atoms with van der Waals surface area (Å²) in [6.45, 7) is 0. The van der Waals surface area contributed by atoms with Gasteiger partial charge >= 0.3 is 0 Å². The van der Waals surface area contributed by atoms with Crippen molar-refractivity contribution in [3.05, 3.63) is 51.7 Å². The first-order valence-corrected chi connectivity index (χ1v) is 6.31. The highest BCUT2D eigenvalue weighted by Crippen LogP contribution is 2.41. The summed E-state index contributed by atoms with van der Waals surface area (Å²) in [6.07, 6.45) is 3.99. The third-order valence-electron chi connectivity index (χ3n) is 2.78. The maximum Gasteiger partial charge on any atom is 0.204 e. The number of carbonyl (C=O) groups is 1. The fourth-order valence-electron chi connectivity index (χ4n) is 1.66. The molecule has 0 amide bonds. The number of hydrogen-bond donors (Lipinski definition) is 0. The molecule has 1 fully saturated rings. The Morgan fingerprint density at radius 2 is 2.00 bits per heavy atom. The van der Waals surface area contributed by atoms with Crippen LogP contribution in [0.4, 0.5) is 4.39 Å². The Morgan fingerprint density at radius 3 is 2.65 bits per heavy atom. The van der Waals surface area contributed by atoms with Gasteiger partial charge in [0.25, 0.3) is 0 Å². The third-order valence-corrected chi connectivity index (χ3v) is 3.94. The second-order valence-electron chi connectivity index (χ2n) is 4.17. The average molecular weight is 247 g/mol. The predicted molar refractivity (Wildman–Crippen MR) is 63.9 cm³/mol. The molecule has 1 aromatic carbocycles. The molecule has 0 radical (unpaired) electrons. The van der Waals surface area contributed by atoms with E-state index in [2.05, 4.69) is 4.98 Å². The molecule has 2 aromatic rings. The normalized spacial score (nSPS) is 14.9. The van der Waals surface area contributed by atoms with Gasteiger partial charge in [-0.15, -0.1) is 11.3 Å². The molecule has 0 spiro atoms. The highest BCUT2D eigenvalue weighted by atomic mass is 32.1. The Labute approximate surface area is 102 Å². The molecule has 0 bridgehead atoms. The number of rotatable bonds is 3. The van der Waals surface area contributed by atoms with Crippen LogP contribution in [0.15, 0.2) is 30.5 Å². The van der Waals surface area contributed by atoms with Crippen LogP contribution >= 0.6 is 11.3 Å². The largest absolute Gasteiger partial charge is 0.288 e. The van der Waals surface area contributed by atoms with Crippen molar-refractivity contribution in [3.63, 3.8) is 0 Å². The second-order valence-corrected chi connectivity index (χ2v) is 5.24. The van der Waals surface area contributed by atoms with Crippen molar-refractivity contribution in [2.24, 2.45) is 0 Å². The molecular formula is C13H10FNOS. The van der Waals surface area contributed by atoms with Gasteiger partial charge in [-0.25, -0.2) is 9.37 Å². The Hall–Kier alpha value is -1.55. The van der Waals surface area contributed by atoms with Gasteiger partial charge in [-0.2, -0.15) is 0 Å². The van der Waals surface area contributed by atoms with Crippen molar-refractivity contribution in [2.45, 2.75) is 18.8 Å². The van der Waals surface area contributed by atoms with Gasteiger partial charge < -0.3 is 0 Å². The van der Waals surface area contributed by atoms with Crippen LogP contribution in [0.2, 0.25) is 0 Å². The third kappa shape index (κ3) is 2.13. The molecule has 1 aliphatic rings. The zero-order valence-electron chi connectivity index (χ0n) is 9.02. The van der Waals surface area contributed by atoms with Crippen LogP contribution in [-0.2, 0) is 0 Å². The van der Waals surface area contributed by atoms with E-state index < -0.39 is 0 Å². The van der Waals surface area contributed by atoms with E-state index in [1.807, 2.05) is 0 Å². The summed E-state index contributed by atoms with van der Waals surface area (Å²) in [5.41, 5.74) is 0.511. The fraction of sp³-hybridized carbons (Fsp3) is 0.231. The molecular weight excluding hydrogens is 237 g/mol. The summed E-state index contributed by atoms with van der Waals surface area (Å²) in [7, 11) is 0. The van der Waals surface area contributed by atoms with Gasteiger partial charge in [-0.1, -0.05) is 0 Å². The van der Waals surface area contributed by atoms with Crippen molar-refractivity contribution < 1.29 is 9.18 Å². The monoisotopic (exact) mass is 247 g/mol. The summed E-state index contributed by atoms with van der Waals surface area (Å²) in [6, 6.07) is 5.62. The van der Waals surface area contributed by atoms with Crippen molar-refractivity contribution >= 4 is 17.1 Å². The van der Waals surface area contributed by atoms with E-state index in [0.717, 1.165) is 5.01 Å². The van der Waals surface area contributed by atoms with Crippen molar-refractivity contribution in [3.8, 4) is 0 Å². The van der Waals surface area contributed by atoms with E-state index in [1.54, 1.807) is 6.20 Å². The molecule has 0 aliphatic heterocycles. The number of benzene rings is 1. The molecule has 1 aliphatic carbocycles. The first-order valence-electron chi connectivity index (χ1n) is 5.50. The van der Waals surface area contributed by atoms with E-state index in [1.165, 1.54) is 48.4 Å². The fourth-order valence-corrected chi connectivity index (χ4v) is 2.70. The summed E-state index contributed by atoms with van der Waals surface area (Å²) < 4.78 is 12.7. The molecule has 1 saturated carbocycles. The maximum atomic E-state index is 12.7. The highest BCUT2D eigenvalue weighted by Gasteiger charge is 2.27. The van der Waals surface area contributed by atoms with E-state index in [9.17, 15) is 9.18 Å². The molecule has 0 saturated heterocycles. The highest BCUT2D eigenvalue weighted by molar-refractivity contribution is 7.14. The molecule has 4 heteroatoms. The zero-order chi connectivity index (χ0) is 11.8. The summed E-state index contributed by atoms with van der Waals surface area (Å²) in [5, 5.41) is 1.05. The van der Waals surface area contributed by atoms with E-state index in [4.69, 9.17) is 0 Å². The molecule has 1 aromatic heterocycles. The lowest BCUT2D eigenvalue weighted by molar-refractivity contribution is 0.104. The number of hydrogen-bond acceptors (Lipinski definition) is 3. The number of carbonyl (C=O) groups excluding carboxylic acids is 1. The van der Waals surface area contributed by atoms with E-state index in [-0.39, 0.29) is 11.6 Å². The van der Waals surface area contributed by atoms with Crippen LogP contribution in [0.1, 0.15) is 39.0 Å². The molecule has 0 unspecified atom stereocenters. The molecule has 1 heterocycles. The van der Waals surface area contributed by atoms with E-state index in [0.29, 0.717) is 16.4 Å². The molecule has 86 valence electrons. The van der Waals surface area contributed by atoms with E-state index >= 15 is 0 Å². The Balaban J connectivity index is 1.87. The van der Waals surface area contributed by atoms with Crippen molar-refractivity contribution in [1.29, 1.82) is 0 Å². The van der Waals surface area contributed by atoms with Gasteiger partial charge in [0, 0.05) is 17.7 Å². The van der Waals surface area contributed by atoms with Crippen LogP contribution in [0, 0.1) is 5.82 Å². The van der Waals surface area contributed by atoms with Crippen LogP contribution in [0.25, 0.3) is 0 Å². The summed E-state index contributed by atoms with van der Waals surface area (Å²) >= 11 is 1.46. The zero-order valence-corrected chi connectivity index (χ0v) is 9.84. The first kappa shape index (κ1) is 10.6. The average Bonchev–Trinajstić information content (AvgIpc) is 3.07. The van der Waals surface area contributed by atoms with Crippen LogP contribution in [0.5, 0.6) is 0 Å². The summed E-state index contributed by atoms with van der Waals surface area (Å²) in [5.74, 6) is 0.161. The summed E-state index contributed by atoms with van der Waals surface area (Å²) in [4.78, 5) is 17.0. The van der Waals surface area contributed by atoms with Crippen LogP contribution in [0.3, 0.4) is 0 Å². The van der Waals surface area contributed by atoms with Gasteiger partial charge in [0.2, 0.25) is 5.78 Å². The van der Waals surface area contributed by atoms with Crippen LogP contribution in [-0.4, -0.2) is 10.8 Å². The smallest absolute Gasteiger partial charge is 0.204 e. The Kier molecular flexibility index (Phi) is 2.52. The standard InChI is InChI=1S/C13H10FNOS/c14-10-5-3-8(4-6-10)12(16)11-7-15-13(17-11)9-1-2-9/h3-7,9H,1-2H2. The number of aromatic nitrogens is 1. The van der Waals surface area contributed by atoms with Gasteiger partial charge in [0.15, 0.2) is 0 Å². The second kappa shape index (κ2) is 4.04. The van der Waals surface area contributed by atoms with Gasteiger partial charge in [-0.05, 0) is 37.1 Å². The lowest BCUT2D eigenvalue weighted by atomic mass is 10.1. The number of halogens is 1. The molecule has 17 heavy (non-hydrogen) atoms. The van der Waals surface area contributed by atoms with Gasteiger partial charge in [0.1, 0.15) is 5.82 Å². The first-order chi connectivity index (χ1) is 8.24. The predicted octanol–water partition coefficient (Wildman–Crippen LogP) is 3.39. The van der Waals surface area contributed by atoms with Gasteiger partial charge in [-0.3, -0.25) is 4.79 Å². The minimum absolute atomic E-state index is 0.0746. The number of nitrogens with zero attached hydrogens (tertiary/aromatic N) is 1. The molecule has 2 nitrogen and oxygen atoms in total. The SMILES string of the molecule is O=C(c1ccc(F)cc1)c1cnc(C2CC2)s1. The van der Waals surface area contributed by atoms with Crippen molar-refractivity contribution in [1.82, 2.24) is 4.98 Å². The number of ketones is 1. The minimum atomic E-state index is -0.329. The maximum absolute atomic E-state index is 12.7.